The Kier molecular flexibility index (Phi) is 6.21. The predicted octanol–water partition coefficient (Wildman–Crippen LogP) is 4.95. The monoisotopic (exact) mass is 359 g/mol. The van der Waals surface area contributed by atoms with Gasteiger partial charge in [-0.3, -0.25) is 0 Å². The van der Waals surface area contributed by atoms with Gasteiger partial charge < -0.3 is 14.8 Å². The van der Waals surface area contributed by atoms with Crippen molar-refractivity contribution in [3.05, 3.63) is 56.5 Å². The van der Waals surface area contributed by atoms with E-state index in [-0.39, 0.29) is 0 Å². The van der Waals surface area contributed by atoms with E-state index in [9.17, 15) is 0 Å². The van der Waals surface area contributed by atoms with E-state index in [1.54, 1.807) is 19.2 Å². The molecule has 2 aromatic rings. The molecule has 6 heteroatoms. The minimum Gasteiger partial charge on any atom is -0.493 e. The Labute approximate surface area is 145 Å². The van der Waals surface area contributed by atoms with Crippen LogP contribution in [0.4, 0.5) is 0 Å². The molecule has 0 spiro atoms. The van der Waals surface area contributed by atoms with E-state index in [1.165, 1.54) is 0 Å². The number of nitrogens with one attached hydrogen (secondary N) is 1. The molecule has 0 saturated heterocycles. The smallest absolute Gasteiger partial charge is 0.180 e. The van der Waals surface area contributed by atoms with Gasteiger partial charge in [-0.25, -0.2) is 0 Å². The van der Waals surface area contributed by atoms with Crippen LogP contribution in [-0.4, -0.2) is 14.2 Å². The molecule has 2 rings (SSSR count). The number of hydrogen-bond donors (Lipinski definition) is 1. The van der Waals surface area contributed by atoms with Crippen LogP contribution in [0, 0.1) is 0 Å². The summed E-state index contributed by atoms with van der Waals surface area (Å²) >= 11 is 18.2. The van der Waals surface area contributed by atoms with Crippen molar-refractivity contribution in [2.24, 2.45) is 0 Å². The fourth-order valence-corrected chi connectivity index (χ4v) is 2.61. The molecule has 0 saturated carbocycles. The van der Waals surface area contributed by atoms with Gasteiger partial charge in [0.05, 0.1) is 22.2 Å². The van der Waals surface area contributed by atoms with Gasteiger partial charge in [0.1, 0.15) is 6.61 Å². The van der Waals surface area contributed by atoms with Crippen LogP contribution in [0.3, 0.4) is 0 Å². The molecule has 3 nitrogen and oxygen atoms in total. The predicted molar refractivity (Wildman–Crippen MR) is 91.6 cm³/mol. The minimum atomic E-state index is 0.318. The van der Waals surface area contributed by atoms with E-state index in [0.29, 0.717) is 39.7 Å². The lowest BCUT2D eigenvalue weighted by molar-refractivity contribution is 0.284. The molecule has 0 heterocycles. The van der Waals surface area contributed by atoms with E-state index in [1.807, 2.05) is 25.2 Å². The molecule has 0 bridgehead atoms. The van der Waals surface area contributed by atoms with Crippen molar-refractivity contribution in [3.8, 4) is 11.5 Å². The highest BCUT2D eigenvalue weighted by molar-refractivity contribution is 6.42. The van der Waals surface area contributed by atoms with Gasteiger partial charge >= 0.3 is 0 Å². The quantitative estimate of drug-likeness (QED) is 0.790. The minimum absolute atomic E-state index is 0.318. The van der Waals surface area contributed by atoms with Gasteiger partial charge in [0.15, 0.2) is 11.5 Å². The lowest BCUT2D eigenvalue weighted by atomic mass is 10.2. The highest BCUT2D eigenvalue weighted by atomic mass is 35.5. The third-order valence-electron chi connectivity index (χ3n) is 3.04. The molecule has 118 valence electrons. The Bertz CT molecular complexity index is 662. The standard InChI is InChI=1S/C16H16Cl3NO2/c1-20-8-11-6-14(19)16(15(7-11)21-2)22-9-10-3-4-12(17)13(18)5-10/h3-7,20H,8-9H2,1-2H3. The molecule has 0 aliphatic rings. The Morgan fingerprint density at radius 3 is 2.32 bits per heavy atom. The van der Waals surface area contributed by atoms with E-state index >= 15 is 0 Å². The van der Waals surface area contributed by atoms with Gasteiger partial charge in [0.2, 0.25) is 0 Å². The zero-order chi connectivity index (χ0) is 16.1. The van der Waals surface area contributed by atoms with Gasteiger partial charge in [-0.15, -0.1) is 0 Å². The number of methoxy groups -OCH3 is 1. The summed E-state index contributed by atoms with van der Waals surface area (Å²) in [7, 11) is 3.45. The van der Waals surface area contributed by atoms with E-state index in [0.717, 1.165) is 11.1 Å². The van der Waals surface area contributed by atoms with Crippen molar-refractivity contribution in [2.45, 2.75) is 13.2 Å². The summed E-state index contributed by atoms with van der Waals surface area (Å²) in [6, 6.07) is 9.10. The molecular formula is C16H16Cl3NO2. The number of halogens is 3. The molecule has 0 atom stereocenters. The highest BCUT2D eigenvalue weighted by Crippen LogP contribution is 2.37. The van der Waals surface area contributed by atoms with Crippen LogP contribution in [0.1, 0.15) is 11.1 Å². The second kappa shape index (κ2) is 7.93. The number of rotatable bonds is 6. The molecule has 22 heavy (non-hydrogen) atoms. The zero-order valence-corrected chi connectivity index (χ0v) is 14.5. The molecule has 0 unspecified atom stereocenters. The lowest BCUT2D eigenvalue weighted by Gasteiger charge is -2.14. The van der Waals surface area contributed by atoms with E-state index in [4.69, 9.17) is 44.3 Å². The van der Waals surface area contributed by atoms with Crippen LogP contribution in [0.5, 0.6) is 11.5 Å². The van der Waals surface area contributed by atoms with Crippen molar-refractivity contribution < 1.29 is 9.47 Å². The first-order chi connectivity index (χ1) is 10.5. The maximum atomic E-state index is 6.29. The number of hydrogen-bond acceptors (Lipinski definition) is 3. The molecule has 0 aliphatic heterocycles. The maximum Gasteiger partial charge on any atom is 0.180 e. The van der Waals surface area contributed by atoms with Gasteiger partial charge in [0, 0.05) is 6.54 Å². The van der Waals surface area contributed by atoms with Crippen LogP contribution in [0.15, 0.2) is 30.3 Å². The molecular weight excluding hydrogens is 345 g/mol. The van der Waals surface area contributed by atoms with E-state index in [2.05, 4.69) is 5.32 Å². The van der Waals surface area contributed by atoms with Gasteiger partial charge in [-0.05, 0) is 42.4 Å². The fraction of sp³-hybridized carbons (Fsp3) is 0.250. The molecule has 0 fully saturated rings. The molecule has 0 amide bonds. The average Bonchev–Trinajstić information content (AvgIpc) is 2.49. The third kappa shape index (κ3) is 4.20. The highest BCUT2D eigenvalue weighted by Gasteiger charge is 2.12. The first kappa shape index (κ1) is 17.2. The first-order valence-electron chi connectivity index (χ1n) is 6.63. The SMILES string of the molecule is CNCc1cc(Cl)c(OCc2ccc(Cl)c(Cl)c2)c(OC)c1. The zero-order valence-electron chi connectivity index (χ0n) is 12.3. The summed E-state index contributed by atoms with van der Waals surface area (Å²) < 4.78 is 11.2. The Hall–Kier alpha value is -1.13. The normalized spacial score (nSPS) is 10.6. The van der Waals surface area contributed by atoms with Crippen LogP contribution in [-0.2, 0) is 13.2 Å². The summed E-state index contributed by atoms with van der Waals surface area (Å²) in [5.74, 6) is 1.10. The topological polar surface area (TPSA) is 30.5 Å². The summed E-state index contributed by atoms with van der Waals surface area (Å²) in [5, 5.41) is 4.58. The molecule has 0 aromatic heterocycles. The summed E-state index contributed by atoms with van der Waals surface area (Å²) in [4.78, 5) is 0. The van der Waals surface area contributed by atoms with Crippen molar-refractivity contribution in [2.75, 3.05) is 14.2 Å². The summed E-state index contributed by atoms with van der Waals surface area (Å²) in [6.45, 7) is 1.02. The van der Waals surface area contributed by atoms with Crippen LogP contribution < -0.4 is 14.8 Å². The van der Waals surface area contributed by atoms with Crippen molar-refractivity contribution >= 4 is 34.8 Å². The average molecular weight is 361 g/mol. The van der Waals surface area contributed by atoms with Gasteiger partial charge in [-0.1, -0.05) is 40.9 Å². The fourth-order valence-electron chi connectivity index (χ4n) is 2.00. The largest absolute Gasteiger partial charge is 0.493 e. The van der Waals surface area contributed by atoms with Gasteiger partial charge in [-0.2, -0.15) is 0 Å². The van der Waals surface area contributed by atoms with Crippen LogP contribution in [0.2, 0.25) is 15.1 Å². The lowest BCUT2D eigenvalue weighted by Crippen LogP contribution is -2.06. The van der Waals surface area contributed by atoms with Crippen molar-refractivity contribution in [3.63, 3.8) is 0 Å². The first-order valence-corrected chi connectivity index (χ1v) is 7.76. The summed E-state index contributed by atoms with van der Waals surface area (Å²) in [6.07, 6.45) is 0. The van der Waals surface area contributed by atoms with Crippen molar-refractivity contribution in [1.29, 1.82) is 0 Å². The Morgan fingerprint density at radius 1 is 0.955 bits per heavy atom. The second-order valence-electron chi connectivity index (χ2n) is 4.68. The Morgan fingerprint density at radius 2 is 1.68 bits per heavy atom. The summed E-state index contributed by atoms with van der Waals surface area (Å²) in [5.41, 5.74) is 1.91. The molecule has 0 radical (unpaired) electrons. The number of benzene rings is 2. The molecule has 1 N–H and O–H groups in total. The molecule has 0 aliphatic carbocycles. The Balaban J connectivity index is 2.19. The number of ether oxygens (including phenoxy) is 2. The third-order valence-corrected chi connectivity index (χ3v) is 4.06. The second-order valence-corrected chi connectivity index (χ2v) is 5.90. The van der Waals surface area contributed by atoms with Crippen LogP contribution >= 0.6 is 34.8 Å². The maximum absolute atomic E-state index is 6.29. The van der Waals surface area contributed by atoms with Crippen molar-refractivity contribution in [1.82, 2.24) is 5.32 Å². The van der Waals surface area contributed by atoms with E-state index < -0.39 is 0 Å². The van der Waals surface area contributed by atoms with Gasteiger partial charge in [0.25, 0.3) is 0 Å². The molecule has 2 aromatic carbocycles. The van der Waals surface area contributed by atoms with Crippen LogP contribution in [0.25, 0.3) is 0 Å².